The Labute approximate surface area is 262 Å². The zero-order valence-corrected chi connectivity index (χ0v) is 28.7. The molecule has 2 aromatic rings. The molecule has 5 atom stereocenters. The first-order chi connectivity index (χ1) is 20.3. The van der Waals surface area contributed by atoms with E-state index in [1.807, 2.05) is 7.11 Å². The van der Waals surface area contributed by atoms with Gasteiger partial charge in [-0.1, -0.05) is 132 Å². The summed E-state index contributed by atoms with van der Waals surface area (Å²) in [6.07, 6.45) is 7.14. The molecule has 4 aliphatic rings. The maximum atomic E-state index is 12.5. The second-order valence-electron chi connectivity index (χ2n) is 15.1. The van der Waals surface area contributed by atoms with Crippen LogP contribution >= 0.6 is 0 Å². The lowest BCUT2D eigenvalue weighted by atomic mass is 9.39. The molecule has 0 saturated heterocycles. The first-order valence-corrected chi connectivity index (χ1v) is 18.2. The summed E-state index contributed by atoms with van der Waals surface area (Å²) in [5.41, 5.74) is 2.89. The summed E-state index contributed by atoms with van der Waals surface area (Å²) in [6, 6.07) is 21.6. The predicted octanol–water partition coefficient (Wildman–Crippen LogP) is 7.99. The third kappa shape index (κ3) is 4.70. The number of allylic oxidation sites excluding steroid dienone is 2. The molecule has 0 heterocycles. The Morgan fingerprint density at radius 1 is 1.02 bits per heavy atom. The molecule has 0 aliphatic heterocycles. The monoisotopic (exact) mass is 598 g/mol. The molecule has 2 aromatic carbocycles. The van der Waals surface area contributed by atoms with Crippen molar-refractivity contribution in [3.8, 4) is 0 Å². The maximum absolute atomic E-state index is 12.5. The largest absolute Gasteiger partial charge is 0.403 e. The topological polar surface area (TPSA) is 38.7 Å². The molecule has 232 valence electrons. The second kappa shape index (κ2) is 11.6. The Bertz CT molecular complexity index is 1320. The fourth-order valence-corrected chi connectivity index (χ4v) is 14.3. The first kappa shape index (κ1) is 32.2. The van der Waals surface area contributed by atoms with E-state index in [-0.39, 0.29) is 15.9 Å². The number of methoxy groups -OCH3 is 1. The Kier molecular flexibility index (Phi) is 8.67. The molecule has 0 radical (unpaired) electrons. The average molecular weight is 599 g/mol. The lowest BCUT2D eigenvalue weighted by Gasteiger charge is -2.69. The summed E-state index contributed by atoms with van der Waals surface area (Å²) in [5, 5.41) is 14.9. The number of fused-ring (bicyclic) bond motifs is 2. The van der Waals surface area contributed by atoms with Crippen molar-refractivity contribution in [2.45, 2.75) is 96.8 Å². The predicted molar refractivity (Wildman–Crippen MR) is 182 cm³/mol. The third-order valence-electron chi connectivity index (χ3n) is 11.7. The van der Waals surface area contributed by atoms with E-state index in [4.69, 9.17) is 9.16 Å². The summed E-state index contributed by atoms with van der Waals surface area (Å²) in [7, 11) is -0.906. The fourth-order valence-electron chi connectivity index (χ4n) is 9.69. The van der Waals surface area contributed by atoms with Gasteiger partial charge in [-0.05, 0) is 59.4 Å². The van der Waals surface area contributed by atoms with E-state index < -0.39 is 20.0 Å². The molecule has 1 spiro atoms. The third-order valence-corrected chi connectivity index (χ3v) is 16.7. The Hall–Kier alpha value is -2.24. The standard InChI is InChI=1S/C39H54O3Si/c1-10-17-33-34-32(28(2)3)22-23-38(34)25-24-37(33,8)39(41-9,35(38)40)26-29(4)27-42-43(36(5,6)7,30-18-13-11-14-19-30)31-20-15-12-16-21-31/h10-16,18-21,28,33,35,40H,1,4,17,22-27H2,2-3,5-9H3/t33-,35-,37+,38-,39-/m1/s1. The van der Waals surface area contributed by atoms with E-state index in [0.717, 1.165) is 37.7 Å². The van der Waals surface area contributed by atoms with Crippen LogP contribution in [0.25, 0.3) is 0 Å². The van der Waals surface area contributed by atoms with E-state index in [9.17, 15) is 5.11 Å². The van der Waals surface area contributed by atoms with Gasteiger partial charge in [0.1, 0.15) is 5.60 Å². The van der Waals surface area contributed by atoms with Gasteiger partial charge in [0, 0.05) is 24.4 Å². The molecule has 0 unspecified atom stereocenters. The van der Waals surface area contributed by atoms with Crippen LogP contribution in [-0.4, -0.2) is 38.8 Å². The highest BCUT2D eigenvalue weighted by atomic mass is 28.4. The molecule has 0 amide bonds. The lowest BCUT2D eigenvalue weighted by Crippen LogP contribution is -2.72. The van der Waals surface area contributed by atoms with Crippen LogP contribution in [0.3, 0.4) is 0 Å². The molecule has 3 saturated carbocycles. The minimum absolute atomic E-state index is 0.116. The van der Waals surface area contributed by atoms with E-state index >= 15 is 0 Å². The average Bonchev–Trinajstić information content (AvgIpc) is 3.38. The molecule has 3 nitrogen and oxygen atoms in total. The van der Waals surface area contributed by atoms with Gasteiger partial charge in [0.15, 0.2) is 0 Å². The minimum atomic E-state index is -2.72. The van der Waals surface area contributed by atoms with Crippen LogP contribution in [0.4, 0.5) is 0 Å². The van der Waals surface area contributed by atoms with Crippen molar-refractivity contribution in [2.75, 3.05) is 13.7 Å². The minimum Gasteiger partial charge on any atom is -0.403 e. The zero-order valence-electron chi connectivity index (χ0n) is 27.7. The van der Waals surface area contributed by atoms with Gasteiger partial charge in [-0.15, -0.1) is 6.58 Å². The Balaban J connectivity index is 1.53. The van der Waals surface area contributed by atoms with Crippen LogP contribution in [0.15, 0.2) is 96.6 Å². The molecule has 43 heavy (non-hydrogen) atoms. The summed E-state index contributed by atoms with van der Waals surface area (Å²) in [4.78, 5) is 0. The summed E-state index contributed by atoms with van der Waals surface area (Å²) in [6.45, 7) is 23.2. The molecule has 2 bridgehead atoms. The summed E-state index contributed by atoms with van der Waals surface area (Å²) in [5.74, 6) is 0.802. The van der Waals surface area contributed by atoms with E-state index in [1.165, 1.54) is 15.9 Å². The van der Waals surface area contributed by atoms with Crippen molar-refractivity contribution in [2.24, 2.45) is 22.7 Å². The number of benzene rings is 2. The Morgan fingerprint density at radius 2 is 1.60 bits per heavy atom. The quantitative estimate of drug-likeness (QED) is 0.210. The zero-order chi connectivity index (χ0) is 31.3. The van der Waals surface area contributed by atoms with E-state index in [1.54, 1.807) is 5.57 Å². The van der Waals surface area contributed by atoms with Crippen molar-refractivity contribution in [3.05, 3.63) is 96.6 Å². The van der Waals surface area contributed by atoms with Crippen LogP contribution < -0.4 is 10.4 Å². The van der Waals surface area contributed by atoms with Crippen molar-refractivity contribution in [3.63, 3.8) is 0 Å². The molecule has 6 rings (SSSR count). The number of ether oxygens (including phenoxy) is 1. The normalized spacial score (nSPS) is 30.5. The van der Waals surface area contributed by atoms with Gasteiger partial charge in [-0.3, -0.25) is 0 Å². The fraction of sp³-hybridized carbons (Fsp3) is 0.538. The number of hydrogen-bond donors (Lipinski definition) is 1. The van der Waals surface area contributed by atoms with Gasteiger partial charge in [0.2, 0.25) is 0 Å². The number of hydrogen-bond acceptors (Lipinski definition) is 3. The van der Waals surface area contributed by atoms with E-state index in [0.29, 0.717) is 24.9 Å². The lowest BCUT2D eigenvalue weighted by molar-refractivity contribution is -0.268. The van der Waals surface area contributed by atoms with Crippen molar-refractivity contribution in [1.29, 1.82) is 0 Å². The van der Waals surface area contributed by atoms with Crippen LogP contribution in [0.1, 0.15) is 80.1 Å². The summed E-state index contributed by atoms with van der Waals surface area (Å²) >= 11 is 0. The van der Waals surface area contributed by atoms with E-state index in [2.05, 4.69) is 121 Å². The van der Waals surface area contributed by atoms with Gasteiger partial charge >= 0.3 is 0 Å². The van der Waals surface area contributed by atoms with Crippen molar-refractivity contribution in [1.82, 2.24) is 0 Å². The summed E-state index contributed by atoms with van der Waals surface area (Å²) < 4.78 is 13.9. The van der Waals surface area contributed by atoms with Crippen molar-refractivity contribution < 1.29 is 14.3 Å². The van der Waals surface area contributed by atoms with Gasteiger partial charge < -0.3 is 14.3 Å². The number of aliphatic hydroxyl groups excluding tert-OH is 1. The van der Waals surface area contributed by atoms with Crippen molar-refractivity contribution >= 4 is 18.7 Å². The first-order valence-electron chi connectivity index (χ1n) is 16.3. The van der Waals surface area contributed by atoms with Gasteiger partial charge in [0.25, 0.3) is 8.32 Å². The van der Waals surface area contributed by atoms with Crippen LogP contribution in [0.2, 0.25) is 5.04 Å². The maximum Gasteiger partial charge on any atom is 0.261 e. The molecular weight excluding hydrogens is 545 g/mol. The molecular formula is C39H54O3Si. The van der Waals surface area contributed by atoms with Gasteiger partial charge in [-0.2, -0.15) is 0 Å². The van der Waals surface area contributed by atoms with Crippen LogP contribution in [-0.2, 0) is 9.16 Å². The number of rotatable bonds is 11. The molecule has 4 aliphatic carbocycles. The van der Waals surface area contributed by atoms with Gasteiger partial charge in [0.05, 0.1) is 12.7 Å². The molecule has 4 heteroatoms. The van der Waals surface area contributed by atoms with Crippen LogP contribution in [0, 0.1) is 22.7 Å². The highest BCUT2D eigenvalue weighted by Crippen LogP contribution is 2.73. The van der Waals surface area contributed by atoms with Crippen LogP contribution in [0.5, 0.6) is 0 Å². The molecule has 3 fully saturated rings. The SMILES string of the molecule is C=CC[C@@H]1C2=C(C(C)C)CC[C@@]23CC[C@]1(C)[C@](CC(=C)CO[Si](c1ccccc1)(c1ccccc1)C(C)(C)C)(OC)[C@@H]3O. The van der Waals surface area contributed by atoms with Gasteiger partial charge in [-0.25, -0.2) is 0 Å². The highest BCUT2D eigenvalue weighted by Gasteiger charge is 2.73. The molecule has 0 aromatic heterocycles. The highest BCUT2D eigenvalue weighted by molar-refractivity contribution is 6.99. The smallest absolute Gasteiger partial charge is 0.261 e. The number of aliphatic hydroxyl groups is 1. The Morgan fingerprint density at radius 3 is 2.09 bits per heavy atom. The molecule has 1 N–H and O–H groups in total. The second-order valence-corrected chi connectivity index (χ2v) is 19.4.